The summed E-state index contributed by atoms with van der Waals surface area (Å²) >= 11 is 5.87. The van der Waals surface area contributed by atoms with Crippen LogP contribution in [-0.4, -0.2) is 36.6 Å². The third-order valence-corrected chi connectivity index (χ3v) is 4.12. The molecular formula is C15H17ClFNO2. The summed E-state index contributed by atoms with van der Waals surface area (Å²) in [5, 5.41) is 0.384. The van der Waals surface area contributed by atoms with Gasteiger partial charge in [0.1, 0.15) is 5.82 Å². The lowest BCUT2D eigenvalue weighted by atomic mass is 10.1. The van der Waals surface area contributed by atoms with Gasteiger partial charge < -0.3 is 9.64 Å². The van der Waals surface area contributed by atoms with Crippen molar-refractivity contribution in [2.75, 3.05) is 19.8 Å². The Balaban J connectivity index is 1.79. The molecule has 5 heteroatoms. The van der Waals surface area contributed by atoms with Crippen LogP contribution in [0.15, 0.2) is 18.2 Å². The molecule has 0 bridgehead atoms. The van der Waals surface area contributed by atoms with Crippen molar-refractivity contribution in [2.45, 2.75) is 25.3 Å². The van der Waals surface area contributed by atoms with Gasteiger partial charge in [-0.2, -0.15) is 0 Å². The predicted octanol–water partition coefficient (Wildman–Crippen LogP) is 3.12. The molecule has 1 aromatic carbocycles. The molecule has 0 spiro atoms. The minimum Gasteiger partial charge on any atom is -0.381 e. The molecule has 1 aliphatic carbocycles. The second-order valence-electron chi connectivity index (χ2n) is 5.54. The average Bonchev–Trinajstić information content (AvgIpc) is 3.15. The fourth-order valence-corrected chi connectivity index (χ4v) is 2.78. The standard InChI is InChI=1S/C15H17ClFNO2/c16-11-1-4-14(17)13(7-11)15(19)18(12-2-3-12)8-10-5-6-20-9-10/h1,4,7,10,12H,2-3,5-6,8-9H2/t10-/m1/s1. The molecular weight excluding hydrogens is 281 g/mol. The van der Waals surface area contributed by atoms with Crippen LogP contribution >= 0.6 is 11.6 Å². The van der Waals surface area contributed by atoms with Crippen LogP contribution in [0.4, 0.5) is 4.39 Å². The van der Waals surface area contributed by atoms with Gasteiger partial charge in [-0.05, 0) is 37.5 Å². The van der Waals surface area contributed by atoms with Crippen LogP contribution < -0.4 is 0 Å². The number of carbonyl (C=O) groups excluding carboxylic acids is 1. The Labute approximate surface area is 122 Å². The van der Waals surface area contributed by atoms with Gasteiger partial charge in [0.15, 0.2) is 0 Å². The molecule has 1 aromatic rings. The van der Waals surface area contributed by atoms with E-state index in [1.807, 2.05) is 0 Å². The van der Waals surface area contributed by atoms with Gasteiger partial charge in [0.05, 0.1) is 12.2 Å². The minimum atomic E-state index is -0.507. The highest BCUT2D eigenvalue weighted by molar-refractivity contribution is 6.31. The number of hydrogen-bond donors (Lipinski definition) is 0. The molecule has 1 saturated heterocycles. The smallest absolute Gasteiger partial charge is 0.257 e. The Kier molecular flexibility index (Phi) is 3.94. The van der Waals surface area contributed by atoms with E-state index in [0.29, 0.717) is 24.1 Å². The fraction of sp³-hybridized carbons (Fsp3) is 0.533. The quantitative estimate of drug-likeness (QED) is 0.854. The Morgan fingerprint density at radius 1 is 1.40 bits per heavy atom. The van der Waals surface area contributed by atoms with Gasteiger partial charge >= 0.3 is 0 Å². The Hall–Kier alpha value is -1.13. The van der Waals surface area contributed by atoms with E-state index in [1.165, 1.54) is 18.2 Å². The molecule has 20 heavy (non-hydrogen) atoms. The van der Waals surface area contributed by atoms with Gasteiger partial charge in [0.2, 0.25) is 0 Å². The first-order valence-corrected chi connectivity index (χ1v) is 7.36. The number of hydrogen-bond acceptors (Lipinski definition) is 2. The van der Waals surface area contributed by atoms with E-state index in [0.717, 1.165) is 25.9 Å². The van der Waals surface area contributed by atoms with Crippen LogP contribution in [0.1, 0.15) is 29.6 Å². The summed E-state index contributed by atoms with van der Waals surface area (Å²) in [7, 11) is 0. The summed E-state index contributed by atoms with van der Waals surface area (Å²) in [5.41, 5.74) is 0.0725. The average molecular weight is 298 g/mol. The van der Waals surface area contributed by atoms with E-state index < -0.39 is 5.82 Å². The van der Waals surface area contributed by atoms with E-state index in [9.17, 15) is 9.18 Å². The molecule has 0 aromatic heterocycles. The van der Waals surface area contributed by atoms with Crippen LogP contribution in [0.5, 0.6) is 0 Å². The molecule has 1 aliphatic heterocycles. The number of rotatable bonds is 4. The highest BCUT2D eigenvalue weighted by Crippen LogP contribution is 2.31. The van der Waals surface area contributed by atoms with E-state index in [2.05, 4.69) is 0 Å². The van der Waals surface area contributed by atoms with Gasteiger partial charge in [-0.3, -0.25) is 4.79 Å². The van der Waals surface area contributed by atoms with Crippen LogP contribution in [0.25, 0.3) is 0 Å². The number of halogens is 2. The highest BCUT2D eigenvalue weighted by Gasteiger charge is 2.36. The molecule has 2 fully saturated rings. The van der Waals surface area contributed by atoms with Crippen molar-refractivity contribution in [2.24, 2.45) is 5.92 Å². The number of carbonyl (C=O) groups is 1. The molecule has 1 heterocycles. The summed E-state index contributed by atoms with van der Waals surface area (Å²) in [6.07, 6.45) is 2.97. The van der Waals surface area contributed by atoms with Crippen molar-refractivity contribution in [1.29, 1.82) is 0 Å². The topological polar surface area (TPSA) is 29.5 Å². The van der Waals surface area contributed by atoms with Crippen LogP contribution in [0, 0.1) is 11.7 Å². The van der Waals surface area contributed by atoms with Crippen molar-refractivity contribution in [3.05, 3.63) is 34.6 Å². The molecule has 3 rings (SSSR count). The summed E-state index contributed by atoms with van der Waals surface area (Å²) in [5.74, 6) is -0.395. The van der Waals surface area contributed by atoms with Crippen molar-refractivity contribution in [1.82, 2.24) is 4.90 Å². The van der Waals surface area contributed by atoms with Crippen LogP contribution in [0.2, 0.25) is 5.02 Å². The lowest BCUT2D eigenvalue weighted by molar-refractivity contribution is 0.0701. The van der Waals surface area contributed by atoms with E-state index in [-0.39, 0.29) is 17.5 Å². The maximum Gasteiger partial charge on any atom is 0.257 e. The first-order chi connectivity index (χ1) is 9.65. The summed E-state index contributed by atoms with van der Waals surface area (Å²) in [6, 6.07) is 4.38. The summed E-state index contributed by atoms with van der Waals surface area (Å²) in [6.45, 7) is 2.09. The Bertz CT molecular complexity index is 513. The summed E-state index contributed by atoms with van der Waals surface area (Å²) in [4.78, 5) is 14.4. The van der Waals surface area contributed by atoms with Gasteiger partial charge in [0.25, 0.3) is 5.91 Å². The van der Waals surface area contributed by atoms with Gasteiger partial charge in [-0.1, -0.05) is 11.6 Å². The lowest BCUT2D eigenvalue weighted by Gasteiger charge is -2.25. The van der Waals surface area contributed by atoms with Gasteiger partial charge in [0, 0.05) is 30.1 Å². The second kappa shape index (κ2) is 5.70. The summed E-state index contributed by atoms with van der Waals surface area (Å²) < 4.78 is 19.2. The number of benzene rings is 1. The third kappa shape index (κ3) is 2.96. The predicted molar refractivity (Wildman–Crippen MR) is 74.4 cm³/mol. The molecule has 108 valence electrons. The van der Waals surface area contributed by atoms with Crippen LogP contribution in [0.3, 0.4) is 0 Å². The first-order valence-electron chi connectivity index (χ1n) is 6.99. The molecule has 0 radical (unpaired) electrons. The molecule has 0 unspecified atom stereocenters. The molecule has 1 amide bonds. The zero-order valence-electron chi connectivity index (χ0n) is 11.1. The molecule has 1 saturated carbocycles. The van der Waals surface area contributed by atoms with Crippen molar-refractivity contribution >= 4 is 17.5 Å². The van der Waals surface area contributed by atoms with E-state index >= 15 is 0 Å². The zero-order valence-corrected chi connectivity index (χ0v) is 11.9. The Morgan fingerprint density at radius 2 is 2.20 bits per heavy atom. The zero-order chi connectivity index (χ0) is 14.1. The van der Waals surface area contributed by atoms with E-state index in [4.69, 9.17) is 16.3 Å². The normalized spacial score (nSPS) is 22.0. The maximum atomic E-state index is 13.8. The monoisotopic (exact) mass is 297 g/mol. The fourth-order valence-electron chi connectivity index (χ4n) is 2.61. The SMILES string of the molecule is O=C(c1cc(Cl)ccc1F)N(C[C@H]1CCOC1)C1CC1. The van der Waals surface area contributed by atoms with Gasteiger partial charge in [-0.25, -0.2) is 4.39 Å². The number of nitrogens with zero attached hydrogens (tertiary/aromatic N) is 1. The first kappa shape index (κ1) is 13.8. The number of ether oxygens (including phenoxy) is 1. The molecule has 3 nitrogen and oxygen atoms in total. The lowest BCUT2D eigenvalue weighted by Crippen LogP contribution is -2.37. The second-order valence-corrected chi connectivity index (χ2v) is 5.98. The molecule has 2 aliphatic rings. The van der Waals surface area contributed by atoms with Crippen molar-refractivity contribution in [3.63, 3.8) is 0 Å². The van der Waals surface area contributed by atoms with Crippen LogP contribution in [-0.2, 0) is 4.74 Å². The largest absolute Gasteiger partial charge is 0.381 e. The minimum absolute atomic E-state index is 0.0725. The highest BCUT2D eigenvalue weighted by atomic mass is 35.5. The number of amides is 1. The molecule has 0 N–H and O–H groups in total. The van der Waals surface area contributed by atoms with Crippen molar-refractivity contribution < 1.29 is 13.9 Å². The Morgan fingerprint density at radius 3 is 2.85 bits per heavy atom. The molecule has 1 atom stereocenters. The van der Waals surface area contributed by atoms with Crippen molar-refractivity contribution in [3.8, 4) is 0 Å². The maximum absolute atomic E-state index is 13.8. The van der Waals surface area contributed by atoms with E-state index in [1.54, 1.807) is 4.90 Å². The van der Waals surface area contributed by atoms with Gasteiger partial charge in [-0.15, -0.1) is 0 Å². The third-order valence-electron chi connectivity index (χ3n) is 3.89.